The van der Waals surface area contributed by atoms with Crippen molar-refractivity contribution in [3.63, 3.8) is 0 Å². The minimum absolute atomic E-state index is 0.000276. The van der Waals surface area contributed by atoms with Crippen LogP contribution in [0.2, 0.25) is 0 Å². The second-order valence-corrected chi connectivity index (χ2v) is 10.8. The van der Waals surface area contributed by atoms with Crippen LogP contribution < -0.4 is 0 Å². The lowest BCUT2D eigenvalue weighted by atomic mass is 9.73. The Morgan fingerprint density at radius 2 is 1.52 bits per heavy atom. The highest BCUT2D eigenvalue weighted by Crippen LogP contribution is 2.51. The van der Waals surface area contributed by atoms with E-state index in [-0.39, 0.29) is 10.8 Å². The molecule has 0 aliphatic heterocycles. The van der Waals surface area contributed by atoms with Crippen LogP contribution >= 0.6 is 7.82 Å². The van der Waals surface area contributed by atoms with Gasteiger partial charge in [0.15, 0.2) is 0 Å². The normalized spacial score (nSPS) is 15.6. The molecule has 0 heterocycles. The molecule has 27 heavy (non-hydrogen) atoms. The van der Waals surface area contributed by atoms with Gasteiger partial charge in [0.2, 0.25) is 0 Å². The molecule has 1 aromatic carbocycles. The largest absolute Gasteiger partial charge is 0.470 e. The van der Waals surface area contributed by atoms with Crippen LogP contribution in [0, 0.1) is 0 Å². The van der Waals surface area contributed by atoms with Crippen LogP contribution in [-0.2, 0) is 25.5 Å². The van der Waals surface area contributed by atoms with Gasteiger partial charge in [0.25, 0.3) is 0 Å². The van der Waals surface area contributed by atoms with Crippen LogP contribution in [0.5, 0.6) is 0 Å². The summed E-state index contributed by atoms with van der Waals surface area (Å²) < 4.78 is 17.4. The first-order valence-corrected chi connectivity index (χ1v) is 11.6. The molecule has 0 saturated carbocycles. The molecule has 1 unspecified atom stereocenters. The highest BCUT2D eigenvalue weighted by molar-refractivity contribution is 7.46. The van der Waals surface area contributed by atoms with Crippen molar-refractivity contribution in [3.05, 3.63) is 34.9 Å². The first kappa shape index (κ1) is 24.4. The summed E-state index contributed by atoms with van der Waals surface area (Å²) in [6.07, 6.45) is 4.04. The molecule has 0 aliphatic rings. The summed E-state index contributed by atoms with van der Waals surface area (Å²) in [5.74, 6) is 0. The van der Waals surface area contributed by atoms with E-state index in [0.29, 0.717) is 12.8 Å². The van der Waals surface area contributed by atoms with E-state index >= 15 is 0 Å². The first-order chi connectivity index (χ1) is 12.2. The second kappa shape index (κ2) is 8.78. The number of hydrogen-bond acceptors (Lipinski definition) is 2. The van der Waals surface area contributed by atoms with Crippen LogP contribution in [0.25, 0.3) is 0 Å². The Balaban J connectivity index is 3.66. The Bertz CT molecular complexity index is 664. The summed E-state index contributed by atoms with van der Waals surface area (Å²) in [5.41, 5.74) is 2.07. The van der Waals surface area contributed by atoms with Crippen molar-refractivity contribution in [2.45, 2.75) is 104 Å². The maximum absolute atomic E-state index is 11.9. The Kier molecular flexibility index (Phi) is 7.92. The first-order valence-electron chi connectivity index (χ1n) is 10.1. The van der Waals surface area contributed by atoms with Gasteiger partial charge in [0.05, 0.1) is 0 Å². The topological polar surface area (TPSA) is 66.8 Å². The molecule has 1 atom stereocenters. The van der Waals surface area contributed by atoms with E-state index < -0.39 is 13.4 Å². The van der Waals surface area contributed by atoms with Crippen molar-refractivity contribution >= 4 is 7.82 Å². The molecule has 0 fully saturated rings. The monoisotopic (exact) mass is 398 g/mol. The molecule has 0 radical (unpaired) electrons. The van der Waals surface area contributed by atoms with Crippen LogP contribution in [0.3, 0.4) is 0 Å². The van der Waals surface area contributed by atoms with Crippen LogP contribution in [0.1, 0.15) is 104 Å². The third-order valence-electron chi connectivity index (χ3n) is 5.23. The van der Waals surface area contributed by atoms with Gasteiger partial charge in [0, 0.05) is 0 Å². The molecule has 0 spiro atoms. The van der Waals surface area contributed by atoms with E-state index in [9.17, 15) is 14.4 Å². The van der Waals surface area contributed by atoms with Gasteiger partial charge in [-0.2, -0.15) is 0 Å². The molecule has 1 aromatic rings. The number of phosphoric acid groups is 1. The molecular weight excluding hydrogens is 359 g/mol. The highest BCUT2D eigenvalue weighted by Gasteiger charge is 2.41. The van der Waals surface area contributed by atoms with Gasteiger partial charge in [0.1, 0.15) is 5.60 Å². The summed E-state index contributed by atoms with van der Waals surface area (Å²) in [4.78, 5) is 19.3. The minimum Gasteiger partial charge on any atom is -0.303 e. The summed E-state index contributed by atoms with van der Waals surface area (Å²) in [6.45, 7) is 17.0. The van der Waals surface area contributed by atoms with E-state index in [1.54, 1.807) is 0 Å². The zero-order valence-electron chi connectivity index (χ0n) is 18.4. The van der Waals surface area contributed by atoms with Gasteiger partial charge in [-0.25, -0.2) is 4.57 Å². The van der Waals surface area contributed by atoms with E-state index in [1.165, 1.54) is 5.56 Å². The Hall–Kier alpha value is -0.670. The fourth-order valence-corrected chi connectivity index (χ4v) is 4.35. The maximum atomic E-state index is 11.9. The lowest BCUT2D eigenvalue weighted by molar-refractivity contribution is 0.0154. The zero-order valence-corrected chi connectivity index (χ0v) is 19.3. The number of benzene rings is 1. The van der Waals surface area contributed by atoms with Crippen molar-refractivity contribution < 1.29 is 18.9 Å². The summed E-state index contributed by atoms with van der Waals surface area (Å²) in [6, 6.07) is 6.31. The average Bonchev–Trinajstić information content (AvgIpc) is 2.50. The summed E-state index contributed by atoms with van der Waals surface area (Å²) in [7, 11) is -4.63. The Labute approximate surface area is 166 Å². The molecule has 1 rings (SSSR count). The molecule has 0 aliphatic carbocycles. The smallest absolute Gasteiger partial charge is 0.303 e. The predicted molar refractivity (Wildman–Crippen MR) is 113 cm³/mol. The van der Waals surface area contributed by atoms with Gasteiger partial charge in [-0.15, -0.1) is 0 Å². The molecule has 4 nitrogen and oxygen atoms in total. The van der Waals surface area contributed by atoms with Crippen molar-refractivity contribution in [3.8, 4) is 0 Å². The quantitative estimate of drug-likeness (QED) is 0.383. The second-order valence-electron chi connectivity index (χ2n) is 9.65. The van der Waals surface area contributed by atoms with Crippen LogP contribution in [0.15, 0.2) is 18.2 Å². The number of unbranched alkanes of at least 4 members (excludes halogenated alkanes) is 2. The third-order valence-corrected chi connectivity index (χ3v) is 5.82. The van der Waals surface area contributed by atoms with Crippen molar-refractivity contribution in [1.29, 1.82) is 0 Å². The Morgan fingerprint density at radius 3 is 1.93 bits per heavy atom. The van der Waals surface area contributed by atoms with Gasteiger partial charge in [-0.3, -0.25) is 4.52 Å². The van der Waals surface area contributed by atoms with E-state index in [2.05, 4.69) is 60.6 Å². The van der Waals surface area contributed by atoms with Crippen molar-refractivity contribution in [2.75, 3.05) is 0 Å². The summed E-state index contributed by atoms with van der Waals surface area (Å²) in [5, 5.41) is 0. The molecule has 0 amide bonds. The van der Waals surface area contributed by atoms with E-state index in [1.807, 2.05) is 13.0 Å². The molecule has 0 aromatic heterocycles. The molecule has 0 saturated heterocycles. The number of rotatable bonds is 8. The molecule has 2 N–H and O–H groups in total. The SMILES string of the molecule is CCCCCC(CC)(OP(=O)(O)O)c1ccc(C(C)(C)C)cc1C(C)(C)C. The number of phosphoric ester groups is 1. The predicted octanol–water partition coefficient (Wildman–Crippen LogP) is 6.58. The minimum atomic E-state index is -4.63. The van der Waals surface area contributed by atoms with Crippen LogP contribution in [-0.4, -0.2) is 9.79 Å². The van der Waals surface area contributed by atoms with Gasteiger partial charge in [-0.05, 0) is 40.4 Å². The lowest BCUT2D eigenvalue weighted by Gasteiger charge is -2.38. The highest BCUT2D eigenvalue weighted by atomic mass is 31.2. The Morgan fingerprint density at radius 1 is 0.926 bits per heavy atom. The average molecular weight is 399 g/mol. The van der Waals surface area contributed by atoms with Gasteiger partial charge < -0.3 is 9.79 Å². The fourth-order valence-electron chi connectivity index (χ4n) is 3.58. The standard InChI is InChI=1S/C22H39O4P/c1-9-11-12-15-22(10-2,26-27(23,24)25)18-14-13-17(20(3,4)5)16-19(18)21(6,7)8/h13-14,16H,9-12,15H2,1-8H3,(H2,23,24,25). The fraction of sp³-hybridized carbons (Fsp3) is 0.727. The lowest BCUT2D eigenvalue weighted by Crippen LogP contribution is -2.32. The van der Waals surface area contributed by atoms with Crippen molar-refractivity contribution in [2.24, 2.45) is 0 Å². The molecule has 5 heteroatoms. The third kappa shape index (κ3) is 6.71. The zero-order chi connectivity index (χ0) is 21.1. The van der Waals surface area contributed by atoms with Gasteiger partial charge >= 0.3 is 7.82 Å². The summed E-state index contributed by atoms with van der Waals surface area (Å²) >= 11 is 0. The molecular formula is C22H39O4P. The van der Waals surface area contributed by atoms with E-state index in [0.717, 1.165) is 30.4 Å². The maximum Gasteiger partial charge on any atom is 0.470 e. The molecule has 156 valence electrons. The van der Waals surface area contributed by atoms with E-state index in [4.69, 9.17) is 4.52 Å². The van der Waals surface area contributed by atoms with Crippen molar-refractivity contribution in [1.82, 2.24) is 0 Å². The number of hydrogen-bond donors (Lipinski definition) is 2. The van der Waals surface area contributed by atoms with Gasteiger partial charge in [-0.1, -0.05) is 92.9 Å². The molecule has 0 bridgehead atoms. The van der Waals surface area contributed by atoms with Crippen LogP contribution in [0.4, 0.5) is 0 Å².